The van der Waals surface area contributed by atoms with E-state index in [1.54, 1.807) is 0 Å². The second-order valence-electron chi connectivity index (χ2n) is 11.2. The van der Waals surface area contributed by atoms with Crippen molar-refractivity contribution in [2.24, 2.45) is 0 Å². The lowest BCUT2D eigenvalue weighted by atomic mass is 10.2. The number of terminal acetylenes is 1. The predicted molar refractivity (Wildman–Crippen MR) is 144 cm³/mol. The van der Waals surface area contributed by atoms with Crippen LogP contribution in [0.25, 0.3) is 0 Å². The molecule has 2 rings (SSSR count). The molecule has 0 amide bonds. The molecule has 2 aromatic carbocycles. The molecule has 1 atom stereocenters. The monoisotopic (exact) mass is 466 g/mol. The van der Waals surface area contributed by atoms with Crippen LogP contribution in [-0.4, -0.2) is 29.3 Å². The molecule has 0 saturated heterocycles. The first-order valence-corrected chi connectivity index (χ1v) is 16.5. The van der Waals surface area contributed by atoms with Crippen molar-refractivity contribution in [3.05, 3.63) is 60.7 Å². The van der Waals surface area contributed by atoms with Crippen molar-refractivity contribution in [2.75, 3.05) is 6.61 Å². The Morgan fingerprint density at radius 1 is 0.812 bits per heavy atom. The Bertz CT molecular complexity index is 832. The van der Waals surface area contributed by atoms with E-state index in [1.165, 1.54) is 10.4 Å². The van der Waals surface area contributed by atoms with Gasteiger partial charge in [-0.3, -0.25) is 0 Å². The van der Waals surface area contributed by atoms with Gasteiger partial charge in [-0.2, -0.15) is 0 Å². The van der Waals surface area contributed by atoms with Crippen LogP contribution in [0.2, 0.25) is 23.2 Å². The molecular formula is C28H42O2Si2. The summed E-state index contributed by atoms with van der Waals surface area (Å²) in [5.74, 6) is 2.88. The van der Waals surface area contributed by atoms with Gasteiger partial charge in [-0.1, -0.05) is 102 Å². The van der Waals surface area contributed by atoms with Crippen molar-refractivity contribution in [3.63, 3.8) is 0 Å². The summed E-state index contributed by atoms with van der Waals surface area (Å²) in [7, 11) is -4.44. The minimum atomic E-state index is -2.62. The second-order valence-corrected chi connectivity index (χ2v) is 20.3. The summed E-state index contributed by atoms with van der Waals surface area (Å²) in [6, 6.07) is 21.5. The third kappa shape index (κ3) is 6.02. The van der Waals surface area contributed by atoms with E-state index in [1.807, 2.05) is 0 Å². The van der Waals surface area contributed by atoms with Gasteiger partial charge in [0, 0.05) is 13.0 Å². The number of rotatable bonds is 9. The molecule has 2 nitrogen and oxygen atoms in total. The molecule has 32 heavy (non-hydrogen) atoms. The number of benzene rings is 2. The molecule has 0 N–H and O–H groups in total. The Balaban J connectivity index is 2.43. The fraction of sp³-hybridized carbons (Fsp3) is 0.500. The topological polar surface area (TPSA) is 18.5 Å². The average molecular weight is 467 g/mol. The largest absolute Gasteiger partial charge is 0.417 e. The first kappa shape index (κ1) is 26.6. The highest BCUT2D eigenvalue weighted by Gasteiger charge is 2.51. The molecule has 0 fully saturated rings. The van der Waals surface area contributed by atoms with Crippen molar-refractivity contribution in [1.82, 2.24) is 0 Å². The summed E-state index contributed by atoms with van der Waals surface area (Å²) in [6.07, 6.45) is 7.16. The van der Waals surface area contributed by atoms with Gasteiger partial charge < -0.3 is 8.85 Å². The van der Waals surface area contributed by atoms with Crippen LogP contribution in [0.4, 0.5) is 0 Å². The van der Waals surface area contributed by atoms with Gasteiger partial charge in [0.05, 0.1) is 6.10 Å². The molecule has 0 bridgehead atoms. The predicted octanol–water partition coefficient (Wildman–Crippen LogP) is 6.37. The van der Waals surface area contributed by atoms with Crippen LogP contribution in [0.15, 0.2) is 60.7 Å². The molecule has 0 saturated carbocycles. The van der Waals surface area contributed by atoms with Gasteiger partial charge in [-0.25, -0.2) is 0 Å². The Kier molecular flexibility index (Phi) is 8.75. The van der Waals surface area contributed by atoms with E-state index in [4.69, 9.17) is 15.3 Å². The molecule has 0 heterocycles. The Labute approximate surface area is 199 Å². The van der Waals surface area contributed by atoms with Crippen LogP contribution >= 0.6 is 0 Å². The maximum atomic E-state index is 7.25. The van der Waals surface area contributed by atoms with Crippen LogP contribution in [-0.2, 0) is 8.85 Å². The first-order chi connectivity index (χ1) is 14.8. The lowest BCUT2D eigenvalue weighted by Gasteiger charge is -2.45. The number of hydrogen-bond donors (Lipinski definition) is 0. The van der Waals surface area contributed by atoms with Crippen molar-refractivity contribution in [3.8, 4) is 12.3 Å². The normalized spacial score (nSPS) is 14.1. The summed E-state index contributed by atoms with van der Waals surface area (Å²) in [4.78, 5) is 0. The highest BCUT2D eigenvalue weighted by Crippen LogP contribution is 2.39. The molecule has 2 aromatic rings. The van der Waals surface area contributed by atoms with E-state index in [0.29, 0.717) is 13.0 Å². The van der Waals surface area contributed by atoms with Gasteiger partial charge >= 0.3 is 0 Å². The molecule has 0 radical (unpaired) electrons. The van der Waals surface area contributed by atoms with E-state index < -0.39 is 16.6 Å². The molecule has 0 aromatic heterocycles. The third-order valence-corrected chi connectivity index (χ3v) is 16.4. The van der Waals surface area contributed by atoms with Gasteiger partial charge in [0.25, 0.3) is 8.32 Å². The second kappa shape index (κ2) is 10.5. The summed E-state index contributed by atoms with van der Waals surface area (Å²) in [6.45, 7) is 19.0. The molecule has 0 aliphatic carbocycles. The summed E-state index contributed by atoms with van der Waals surface area (Å²) < 4.78 is 13.7. The van der Waals surface area contributed by atoms with Crippen molar-refractivity contribution in [2.45, 2.75) is 83.7 Å². The lowest BCUT2D eigenvalue weighted by Crippen LogP contribution is -2.67. The summed E-state index contributed by atoms with van der Waals surface area (Å²) in [5.41, 5.74) is 0. The highest BCUT2D eigenvalue weighted by atomic mass is 28.4. The van der Waals surface area contributed by atoms with Crippen molar-refractivity contribution >= 4 is 27.0 Å². The fourth-order valence-corrected chi connectivity index (χ4v) is 9.71. The highest BCUT2D eigenvalue weighted by molar-refractivity contribution is 6.99. The van der Waals surface area contributed by atoms with Crippen LogP contribution < -0.4 is 10.4 Å². The quantitative estimate of drug-likeness (QED) is 0.316. The maximum absolute atomic E-state index is 7.25. The van der Waals surface area contributed by atoms with E-state index in [9.17, 15) is 0 Å². The van der Waals surface area contributed by atoms with Gasteiger partial charge in [-0.05, 0) is 40.0 Å². The van der Waals surface area contributed by atoms with Crippen LogP contribution in [0.3, 0.4) is 0 Å². The summed E-state index contributed by atoms with van der Waals surface area (Å²) >= 11 is 0. The molecule has 174 valence electrons. The minimum absolute atomic E-state index is 0.0453. The fourth-order valence-electron chi connectivity index (χ4n) is 3.94. The van der Waals surface area contributed by atoms with Gasteiger partial charge in [-0.15, -0.1) is 12.3 Å². The Morgan fingerprint density at radius 3 is 1.66 bits per heavy atom. The smallest absolute Gasteiger partial charge is 0.261 e. The van der Waals surface area contributed by atoms with Crippen molar-refractivity contribution in [1.29, 1.82) is 0 Å². The molecular weight excluding hydrogens is 424 g/mol. The molecule has 0 spiro atoms. The van der Waals surface area contributed by atoms with E-state index >= 15 is 0 Å². The minimum Gasteiger partial charge on any atom is -0.417 e. The average Bonchev–Trinajstić information content (AvgIpc) is 2.71. The SMILES string of the molecule is C#CC[C@@H](CCO[Si](C)(C)C(C)(C)C)O[Si](c1ccccc1)(c1ccccc1)C(C)(C)C. The standard InChI is InChI=1S/C28H42O2Si2/c1-10-17-24(22-23-29-31(8,9)27(2,3)4)30-32(28(5,6)7,25-18-13-11-14-19-25)26-20-15-12-16-21-26/h1,11-16,18-21,24H,17,22-23H2,2-9H3/t24-/m0/s1. The van der Waals surface area contributed by atoms with Crippen molar-refractivity contribution < 1.29 is 8.85 Å². The molecule has 0 aliphatic heterocycles. The Hall–Kier alpha value is -1.65. The number of hydrogen-bond acceptors (Lipinski definition) is 2. The zero-order valence-electron chi connectivity index (χ0n) is 21.4. The zero-order valence-corrected chi connectivity index (χ0v) is 23.4. The third-order valence-electron chi connectivity index (χ3n) is 6.81. The van der Waals surface area contributed by atoms with E-state index in [-0.39, 0.29) is 16.2 Å². The molecule has 4 heteroatoms. The zero-order chi connectivity index (χ0) is 24.0. The Morgan fingerprint density at radius 2 is 1.28 bits per heavy atom. The van der Waals surface area contributed by atoms with Gasteiger partial charge in [0.2, 0.25) is 0 Å². The van der Waals surface area contributed by atoms with Crippen LogP contribution in [0.1, 0.15) is 54.4 Å². The van der Waals surface area contributed by atoms with Crippen LogP contribution in [0, 0.1) is 12.3 Å². The molecule has 0 unspecified atom stereocenters. The van der Waals surface area contributed by atoms with Crippen LogP contribution in [0.5, 0.6) is 0 Å². The van der Waals surface area contributed by atoms with Gasteiger partial charge in [0.15, 0.2) is 8.32 Å². The van der Waals surface area contributed by atoms with E-state index in [0.717, 1.165) is 6.42 Å². The maximum Gasteiger partial charge on any atom is 0.261 e. The first-order valence-electron chi connectivity index (χ1n) is 11.7. The van der Waals surface area contributed by atoms with Gasteiger partial charge in [0.1, 0.15) is 0 Å². The summed E-state index contributed by atoms with van der Waals surface area (Å²) in [5, 5.41) is 2.69. The molecule has 0 aliphatic rings. The van der Waals surface area contributed by atoms with E-state index in [2.05, 4.69) is 121 Å². The lowest BCUT2D eigenvalue weighted by molar-refractivity contribution is 0.150.